The second-order valence-corrected chi connectivity index (χ2v) is 9.49. The number of benzene rings is 1. The van der Waals surface area contributed by atoms with Gasteiger partial charge in [0, 0.05) is 9.75 Å². The van der Waals surface area contributed by atoms with E-state index in [2.05, 4.69) is 10.3 Å². The number of carbonyl (C=O) groups is 2. The molecule has 0 unspecified atom stereocenters. The molecule has 1 amide bonds. The van der Waals surface area contributed by atoms with Crippen molar-refractivity contribution in [1.29, 1.82) is 0 Å². The fraction of sp³-hybridized carbons (Fsp3) is 0.250. The molecular weight excluding hydrogens is 458 g/mol. The van der Waals surface area contributed by atoms with Gasteiger partial charge in [-0.05, 0) is 38.0 Å². The van der Waals surface area contributed by atoms with E-state index < -0.39 is 11.9 Å². The van der Waals surface area contributed by atoms with E-state index in [1.165, 1.54) is 27.2 Å². The smallest absolute Gasteiger partial charge is 0.341 e. The van der Waals surface area contributed by atoms with Crippen LogP contribution in [0.2, 0.25) is 0 Å². The second-order valence-electron chi connectivity index (χ2n) is 7.32. The minimum atomic E-state index is -0.506. The first-order valence-electron chi connectivity index (χ1n) is 10.6. The minimum absolute atomic E-state index is 0.203. The highest BCUT2D eigenvalue weighted by Gasteiger charge is 2.21. The van der Waals surface area contributed by atoms with Gasteiger partial charge in [0.15, 0.2) is 0 Å². The van der Waals surface area contributed by atoms with Crippen molar-refractivity contribution in [3.05, 3.63) is 69.1 Å². The third-order valence-corrected chi connectivity index (χ3v) is 7.35. The number of hydrogen-bond acceptors (Lipinski definition) is 7. The fourth-order valence-electron chi connectivity index (χ4n) is 3.43. The van der Waals surface area contributed by atoms with Crippen LogP contribution in [0.5, 0.6) is 0 Å². The SMILES string of the molecule is CCOC(=O)c1cc(-c2ccccc2)sc1NC(=O)Cn1c(C)nc2sc(CC)cc2c1=O. The number of amides is 1. The molecule has 0 aliphatic carbocycles. The first-order valence-corrected chi connectivity index (χ1v) is 12.2. The Morgan fingerprint density at radius 3 is 2.58 bits per heavy atom. The number of carbonyl (C=O) groups excluding carboxylic acids is 2. The molecule has 0 aliphatic heterocycles. The molecule has 0 bridgehead atoms. The average molecular weight is 482 g/mol. The summed E-state index contributed by atoms with van der Waals surface area (Å²) in [5.41, 5.74) is 0.974. The maximum atomic E-state index is 13.0. The number of nitrogens with zero attached hydrogens (tertiary/aromatic N) is 2. The summed E-state index contributed by atoms with van der Waals surface area (Å²) < 4.78 is 6.53. The molecule has 1 aromatic carbocycles. The molecule has 1 N–H and O–H groups in total. The molecule has 0 saturated heterocycles. The number of aryl methyl sites for hydroxylation is 2. The van der Waals surface area contributed by atoms with Gasteiger partial charge in [0.05, 0.1) is 17.6 Å². The quantitative estimate of drug-likeness (QED) is 0.380. The molecule has 0 saturated carbocycles. The van der Waals surface area contributed by atoms with Gasteiger partial charge in [0.2, 0.25) is 5.91 Å². The van der Waals surface area contributed by atoms with Gasteiger partial charge < -0.3 is 10.1 Å². The molecule has 0 atom stereocenters. The van der Waals surface area contributed by atoms with E-state index in [1.807, 2.05) is 43.3 Å². The van der Waals surface area contributed by atoms with Gasteiger partial charge in [-0.15, -0.1) is 22.7 Å². The third-order valence-electron chi connectivity index (χ3n) is 5.08. The van der Waals surface area contributed by atoms with Gasteiger partial charge in [0.25, 0.3) is 5.56 Å². The van der Waals surface area contributed by atoms with Gasteiger partial charge in [-0.3, -0.25) is 14.2 Å². The summed E-state index contributed by atoms with van der Waals surface area (Å²) in [6, 6.07) is 13.1. The first-order chi connectivity index (χ1) is 15.9. The first kappa shape index (κ1) is 22.9. The summed E-state index contributed by atoms with van der Waals surface area (Å²) in [5, 5.41) is 3.71. The number of thiophene rings is 2. The van der Waals surface area contributed by atoms with Crippen molar-refractivity contribution in [3.63, 3.8) is 0 Å². The number of anilines is 1. The predicted molar refractivity (Wildman–Crippen MR) is 132 cm³/mol. The van der Waals surface area contributed by atoms with Crippen LogP contribution in [0.25, 0.3) is 20.7 Å². The van der Waals surface area contributed by atoms with Crippen LogP contribution in [0.15, 0.2) is 47.3 Å². The van der Waals surface area contributed by atoms with Crippen LogP contribution >= 0.6 is 22.7 Å². The Labute approximate surface area is 198 Å². The Bertz CT molecular complexity index is 1390. The van der Waals surface area contributed by atoms with Gasteiger partial charge in [0.1, 0.15) is 22.2 Å². The Kier molecular flexibility index (Phi) is 6.71. The molecule has 4 aromatic rings. The highest BCUT2D eigenvalue weighted by atomic mass is 32.1. The summed E-state index contributed by atoms with van der Waals surface area (Å²) in [4.78, 5) is 45.5. The number of esters is 1. The van der Waals surface area contributed by atoms with Crippen molar-refractivity contribution in [2.24, 2.45) is 0 Å². The molecular formula is C24H23N3O4S2. The molecule has 0 spiro atoms. The number of ether oxygens (including phenoxy) is 1. The number of fused-ring (bicyclic) bond motifs is 1. The second kappa shape index (κ2) is 9.68. The van der Waals surface area contributed by atoms with Gasteiger partial charge in [-0.25, -0.2) is 9.78 Å². The van der Waals surface area contributed by atoms with E-state index in [0.29, 0.717) is 21.0 Å². The van der Waals surface area contributed by atoms with Crippen LogP contribution in [0.1, 0.15) is 34.9 Å². The topological polar surface area (TPSA) is 90.3 Å². The van der Waals surface area contributed by atoms with Gasteiger partial charge in [-0.1, -0.05) is 37.3 Å². The number of rotatable bonds is 7. The standard InChI is InChI=1S/C24H23N3O4S2/c1-4-16-11-17-21(32-16)25-14(3)27(23(17)29)13-20(28)26-22-18(24(30)31-5-2)12-19(33-22)15-9-7-6-8-10-15/h6-12H,4-5,13H2,1-3H3,(H,26,28). The zero-order chi connectivity index (χ0) is 23.5. The Morgan fingerprint density at radius 2 is 1.88 bits per heavy atom. The number of hydrogen-bond donors (Lipinski definition) is 1. The van der Waals surface area contributed by atoms with Gasteiger partial charge >= 0.3 is 5.97 Å². The van der Waals surface area contributed by atoms with E-state index >= 15 is 0 Å². The summed E-state index contributed by atoms with van der Waals surface area (Å²) >= 11 is 2.78. The van der Waals surface area contributed by atoms with Crippen LogP contribution in [0.4, 0.5) is 5.00 Å². The number of aromatic nitrogens is 2. The molecule has 3 heterocycles. The molecule has 33 heavy (non-hydrogen) atoms. The van der Waals surface area contributed by atoms with Crippen molar-refractivity contribution in [1.82, 2.24) is 9.55 Å². The van der Waals surface area contributed by atoms with Crippen molar-refractivity contribution < 1.29 is 14.3 Å². The third kappa shape index (κ3) is 4.74. The highest BCUT2D eigenvalue weighted by Crippen LogP contribution is 2.36. The summed E-state index contributed by atoms with van der Waals surface area (Å²) in [6.45, 7) is 5.49. The van der Waals surface area contributed by atoms with Crippen molar-refractivity contribution in [2.45, 2.75) is 33.7 Å². The molecule has 0 radical (unpaired) electrons. The molecule has 170 valence electrons. The lowest BCUT2D eigenvalue weighted by Gasteiger charge is -2.10. The molecule has 4 rings (SSSR count). The zero-order valence-corrected chi connectivity index (χ0v) is 20.1. The molecule has 0 aliphatic rings. The monoisotopic (exact) mass is 481 g/mol. The summed E-state index contributed by atoms with van der Waals surface area (Å²) in [7, 11) is 0. The maximum absolute atomic E-state index is 13.0. The highest BCUT2D eigenvalue weighted by molar-refractivity contribution is 7.20. The van der Waals surface area contributed by atoms with E-state index in [0.717, 1.165) is 21.7 Å². The Morgan fingerprint density at radius 1 is 1.12 bits per heavy atom. The molecule has 0 fully saturated rings. The largest absolute Gasteiger partial charge is 0.462 e. The minimum Gasteiger partial charge on any atom is -0.462 e. The van der Waals surface area contributed by atoms with Crippen LogP contribution < -0.4 is 10.9 Å². The van der Waals surface area contributed by atoms with E-state index in [-0.39, 0.29) is 24.3 Å². The lowest BCUT2D eigenvalue weighted by atomic mass is 10.1. The van der Waals surface area contributed by atoms with E-state index in [1.54, 1.807) is 19.9 Å². The van der Waals surface area contributed by atoms with Crippen molar-refractivity contribution in [2.75, 3.05) is 11.9 Å². The molecule has 7 nitrogen and oxygen atoms in total. The normalized spacial score (nSPS) is 11.0. The Balaban J connectivity index is 1.64. The van der Waals surface area contributed by atoms with Crippen LogP contribution in [0, 0.1) is 6.92 Å². The van der Waals surface area contributed by atoms with E-state index in [4.69, 9.17) is 4.74 Å². The average Bonchev–Trinajstić information content (AvgIpc) is 3.41. The summed E-state index contributed by atoms with van der Waals surface area (Å²) in [6.07, 6.45) is 0.818. The van der Waals surface area contributed by atoms with Crippen molar-refractivity contribution in [3.8, 4) is 10.4 Å². The lowest BCUT2D eigenvalue weighted by Crippen LogP contribution is -2.30. The van der Waals surface area contributed by atoms with E-state index in [9.17, 15) is 14.4 Å². The van der Waals surface area contributed by atoms with Crippen LogP contribution in [0.3, 0.4) is 0 Å². The summed E-state index contributed by atoms with van der Waals surface area (Å²) in [5.74, 6) is -0.457. The lowest BCUT2D eigenvalue weighted by molar-refractivity contribution is -0.116. The zero-order valence-electron chi connectivity index (χ0n) is 18.5. The fourth-order valence-corrected chi connectivity index (χ4v) is 5.50. The molecule has 9 heteroatoms. The number of nitrogens with one attached hydrogen (secondary N) is 1. The van der Waals surface area contributed by atoms with Gasteiger partial charge in [-0.2, -0.15) is 0 Å². The Hall–Kier alpha value is -3.30. The predicted octanol–water partition coefficient (Wildman–Crippen LogP) is 4.87. The van der Waals surface area contributed by atoms with Crippen LogP contribution in [-0.2, 0) is 22.5 Å². The van der Waals surface area contributed by atoms with Crippen molar-refractivity contribution >= 4 is 49.8 Å². The maximum Gasteiger partial charge on any atom is 0.341 e. The molecule has 3 aromatic heterocycles. The van der Waals surface area contributed by atoms with Crippen LogP contribution in [-0.4, -0.2) is 28.0 Å².